The summed E-state index contributed by atoms with van der Waals surface area (Å²) in [6, 6.07) is 119. The van der Waals surface area contributed by atoms with Crippen LogP contribution >= 0.6 is 0 Å². The van der Waals surface area contributed by atoms with Crippen LogP contribution in [0.5, 0.6) is 0 Å². The van der Waals surface area contributed by atoms with Crippen molar-refractivity contribution < 1.29 is 13.2 Å². The SMILES string of the molecule is Cc1ccc(-c2ccc(C(F)(F)F)c(-n3c4ccc(N(c5ccccc5)c5ccccc5)cc4c4cc(N(c5ccccc5)c5ccccc5)ccc43)c2)cc1-n1c2ccc(N(c3ccccc3)c3ccccc3)cc2c2cc(N(c3ccccc3)c3ccccc3)ccc21. The van der Waals surface area contributed by atoms with Gasteiger partial charge in [-0.15, -0.1) is 0 Å². The fourth-order valence-corrected chi connectivity index (χ4v) is 13.6. The van der Waals surface area contributed by atoms with Gasteiger partial charge in [0.25, 0.3) is 0 Å². The zero-order chi connectivity index (χ0) is 64.0. The number of fused-ring (bicyclic) bond motifs is 6. The van der Waals surface area contributed by atoms with Crippen LogP contribution in [0.25, 0.3) is 66.1 Å². The lowest BCUT2D eigenvalue weighted by Gasteiger charge is -2.26. The van der Waals surface area contributed by atoms with Gasteiger partial charge in [-0.3, -0.25) is 0 Å². The van der Waals surface area contributed by atoms with Crippen molar-refractivity contribution in [1.29, 1.82) is 0 Å². The van der Waals surface area contributed by atoms with Gasteiger partial charge in [0.05, 0.1) is 33.3 Å². The van der Waals surface area contributed by atoms with Crippen molar-refractivity contribution in [1.82, 2.24) is 9.13 Å². The van der Waals surface area contributed by atoms with Crippen molar-refractivity contribution in [2.45, 2.75) is 13.1 Å². The molecule has 0 spiro atoms. The number of nitrogens with zero attached hydrogens (tertiary/aromatic N) is 6. The lowest BCUT2D eigenvalue weighted by Crippen LogP contribution is -2.11. The summed E-state index contributed by atoms with van der Waals surface area (Å²) in [5, 5.41) is 3.64. The lowest BCUT2D eigenvalue weighted by atomic mass is 9.99. The van der Waals surface area contributed by atoms with Gasteiger partial charge in [-0.1, -0.05) is 164 Å². The fourth-order valence-electron chi connectivity index (χ4n) is 13.6. The van der Waals surface area contributed by atoms with Crippen molar-refractivity contribution in [3.8, 4) is 22.5 Å². The van der Waals surface area contributed by atoms with Crippen LogP contribution in [0, 0.1) is 6.92 Å². The molecule has 9 heteroatoms. The minimum atomic E-state index is -4.72. The highest BCUT2D eigenvalue weighted by atomic mass is 19.4. The van der Waals surface area contributed by atoms with Crippen molar-refractivity contribution in [3.05, 3.63) is 363 Å². The molecule has 0 bridgehead atoms. The Labute approximate surface area is 549 Å². The molecule has 0 radical (unpaired) electrons. The smallest absolute Gasteiger partial charge is 0.310 e. The third-order valence-corrected chi connectivity index (χ3v) is 17.9. The van der Waals surface area contributed by atoms with Crippen LogP contribution in [-0.4, -0.2) is 9.13 Å². The highest BCUT2D eigenvalue weighted by Gasteiger charge is 2.36. The number of aryl methyl sites for hydroxylation is 1. The van der Waals surface area contributed by atoms with Gasteiger partial charge in [-0.2, -0.15) is 13.2 Å². The largest absolute Gasteiger partial charge is 0.418 e. The Morgan fingerprint density at radius 1 is 0.232 bits per heavy atom. The van der Waals surface area contributed by atoms with E-state index in [1.807, 2.05) is 132 Å². The molecule has 16 rings (SSSR count). The zero-order valence-corrected chi connectivity index (χ0v) is 51.8. The molecule has 0 unspecified atom stereocenters. The van der Waals surface area contributed by atoms with E-state index in [1.54, 1.807) is 12.1 Å². The van der Waals surface area contributed by atoms with Gasteiger partial charge in [-0.25, -0.2) is 0 Å². The summed E-state index contributed by atoms with van der Waals surface area (Å²) in [5.41, 5.74) is 17.3. The Morgan fingerprint density at radius 3 is 0.716 bits per heavy atom. The molecule has 14 aromatic carbocycles. The third kappa shape index (κ3) is 10.7. The average molecular weight is 1240 g/mol. The maximum atomic E-state index is 16.2. The maximum Gasteiger partial charge on any atom is 0.418 e. The molecule has 0 aliphatic heterocycles. The number of aromatic nitrogens is 2. The van der Waals surface area contributed by atoms with Gasteiger partial charge in [-0.05, 0) is 212 Å². The number of para-hydroxylation sites is 8. The molecule has 16 aromatic rings. The summed E-state index contributed by atoms with van der Waals surface area (Å²) in [7, 11) is 0. The number of halogens is 3. The summed E-state index contributed by atoms with van der Waals surface area (Å²) < 4.78 is 52.6. The van der Waals surface area contributed by atoms with E-state index in [0.717, 1.165) is 118 Å². The Balaban J connectivity index is 0.900. The second-order valence-corrected chi connectivity index (χ2v) is 23.7. The Morgan fingerprint density at radius 2 is 0.463 bits per heavy atom. The molecule has 0 saturated heterocycles. The predicted octanol–water partition coefficient (Wildman–Crippen LogP) is 24.8. The number of alkyl halides is 3. The normalized spacial score (nSPS) is 11.6. The van der Waals surface area contributed by atoms with Crippen molar-refractivity contribution >= 4 is 112 Å². The summed E-state index contributed by atoms with van der Waals surface area (Å²) in [6.45, 7) is 2.10. The van der Waals surface area contributed by atoms with E-state index in [1.165, 1.54) is 6.07 Å². The molecule has 0 aliphatic rings. The minimum absolute atomic E-state index is 0.0169. The third-order valence-electron chi connectivity index (χ3n) is 17.9. The van der Waals surface area contributed by atoms with Gasteiger partial charge in [0.1, 0.15) is 0 Å². The molecule has 6 nitrogen and oxygen atoms in total. The van der Waals surface area contributed by atoms with E-state index in [0.29, 0.717) is 16.6 Å². The van der Waals surface area contributed by atoms with Crippen LogP contribution in [0.2, 0.25) is 0 Å². The van der Waals surface area contributed by atoms with Gasteiger partial charge in [0, 0.05) is 95.5 Å². The number of rotatable bonds is 15. The average Bonchev–Trinajstić information content (AvgIpc) is 1.59. The summed E-state index contributed by atoms with van der Waals surface area (Å²) >= 11 is 0. The van der Waals surface area contributed by atoms with Crippen LogP contribution in [0.3, 0.4) is 0 Å². The van der Waals surface area contributed by atoms with E-state index in [4.69, 9.17) is 0 Å². The molecule has 2 aromatic heterocycles. The van der Waals surface area contributed by atoms with Crippen molar-refractivity contribution in [2.24, 2.45) is 0 Å². The van der Waals surface area contributed by atoms with Crippen LogP contribution in [0.15, 0.2) is 352 Å². The summed E-state index contributed by atoms with van der Waals surface area (Å²) in [6.07, 6.45) is -4.72. The quantitative estimate of drug-likeness (QED) is 0.102. The first-order chi connectivity index (χ1) is 46.7. The van der Waals surface area contributed by atoms with E-state index < -0.39 is 11.7 Å². The molecule has 0 aliphatic carbocycles. The van der Waals surface area contributed by atoms with Gasteiger partial charge >= 0.3 is 6.18 Å². The Kier molecular flexibility index (Phi) is 14.8. The van der Waals surface area contributed by atoms with E-state index >= 15 is 13.2 Å². The molecular formula is C86H61F3N6. The number of benzene rings is 14. The second-order valence-electron chi connectivity index (χ2n) is 23.7. The predicted molar refractivity (Wildman–Crippen MR) is 389 cm³/mol. The molecule has 0 N–H and O–H groups in total. The Bertz CT molecular complexity index is 4980. The molecule has 0 saturated carbocycles. The number of hydrogen-bond donors (Lipinski definition) is 0. The minimum Gasteiger partial charge on any atom is -0.310 e. The van der Waals surface area contributed by atoms with Crippen LogP contribution in [0.4, 0.5) is 81.4 Å². The van der Waals surface area contributed by atoms with Crippen molar-refractivity contribution in [3.63, 3.8) is 0 Å². The standard InChI is InChI=1S/C86H61F3N6/c1-60-42-43-61(54-84(60)94-80-50-45-71(90(63-26-10-2-11-27-63)64-28-12-3-13-29-64)56-75(80)76-57-72(46-51-81(76)94)91(65-30-14-4-15-31-65)66-32-16-5-17-33-66)62-44-49-79(86(87,88)89)85(55-62)95-82-52-47-73(92(67-34-18-6-19-35-67)68-36-20-7-21-37-68)58-77(82)78-59-74(48-53-83(78)95)93(69-38-22-8-23-39-69)70-40-24-9-25-41-70/h2-59H,1H3. The molecule has 0 atom stereocenters. The van der Waals surface area contributed by atoms with Gasteiger partial charge < -0.3 is 28.7 Å². The summed E-state index contributed by atoms with van der Waals surface area (Å²) in [5.74, 6) is 0. The summed E-state index contributed by atoms with van der Waals surface area (Å²) in [4.78, 5) is 8.94. The molecule has 95 heavy (non-hydrogen) atoms. The first-order valence-electron chi connectivity index (χ1n) is 31.8. The van der Waals surface area contributed by atoms with Crippen LogP contribution < -0.4 is 19.6 Å². The van der Waals surface area contributed by atoms with Crippen LogP contribution in [0.1, 0.15) is 11.1 Å². The monoisotopic (exact) mass is 1230 g/mol. The van der Waals surface area contributed by atoms with Crippen LogP contribution in [-0.2, 0) is 6.18 Å². The van der Waals surface area contributed by atoms with E-state index in [2.05, 4.69) is 237 Å². The number of hydrogen-bond acceptors (Lipinski definition) is 4. The Hall–Kier alpha value is -12.3. The van der Waals surface area contributed by atoms with Gasteiger partial charge in [0.15, 0.2) is 0 Å². The first kappa shape index (κ1) is 57.8. The fraction of sp³-hybridized carbons (Fsp3) is 0.0233. The first-order valence-corrected chi connectivity index (χ1v) is 31.8. The topological polar surface area (TPSA) is 22.8 Å². The molecule has 0 amide bonds. The molecule has 0 fully saturated rings. The maximum absolute atomic E-state index is 16.2. The lowest BCUT2D eigenvalue weighted by molar-refractivity contribution is -0.137. The highest BCUT2D eigenvalue weighted by molar-refractivity contribution is 6.14. The van der Waals surface area contributed by atoms with Crippen molar-refractivity contribution in [2.75, 3.05) is 19.6 Å². The zero-order valence-electron chi connectivity index (χ0n) is 51.8. The van der Waals surface area contributed by atoms with E-state index in [-0.39, 0.29) is 5.69 Å². The molecular weight excluding hydrogens is 1170 g/mol. The molecule has 2 heterocycles. The van der Waals surface area contributed by atoms with E-state index in [9.17, 15) is 0 Å². The second kappa shape index (κ2) is 24.4. The van der Waals surface area contributed by atoms with Gasteiger partial charge in [0.2, 0.25) is 0 Å². The number of anilines is 12. The highest BCUT2D eigenvalue weighted by Crippen LogP contribution is 2.48. The molecule has 456 valence electrons.